The molecule has 34 heavy (non-hydrogen) atoms. The summed E-state index contributed by atoms with van der Waals surface area (Å²) in [4.78, 5) is 13.8. The van der Waals surface area contributed by atoms with Crippen molar-refractivity contribution in [2.75, 3.05) is 0 Å². The fourth-order valence-corrected chi connectivity index (χ4v) is 4.31. The number of amides is 1. The molecule has 5 aromatic rings. The molecule has 0 spiro atoms. The van der Waals surface area contributed by atoms with E-state index in [1.165, 1.54) is 0 Å². The lowest BCUT2D eigenvalue weighted by atomic mass is 10.0. The lowest BCUT2D eigenvalue weighted by Gasteiger charge is -2.11. The molecule has 2 aromatic heterocycles. The van der Waals surface area contributed by atoms with E-state index in [1.54, 1.807) is 23.6 Å². The van der Waals surface area contributed by atoms with Gasteiger partial charge in [-0.2, -0.15) is 10.2 Å². The first-order valence-electron chi connectivity index (χ1n) is 10.9. The number of para-hydroxylation sites is 1. The summed E-state index contributed by atoms with van der Waals surface area (Å²) >= 11 is 1.55. The SMILES string of the molecule is Cc1ccccc1-n1nc(C(=O)N/N=C\c2cccs2)cc1-c1ccc(-c2ccccc2)cc1. The summed E-state index contributed by atoms with van der Waals surface area (Å²) < 4.78 is 1.82. The average molecular weight is 463 g/mol. The van der Waals surface area contributed by atoms with Crippen molar-refractivity contribution in [3.63, 3.8) is 0 Å². The average Bonchev–Trinajstić information content (AvgIpc) is 3.55. The zero-order valence-electron chi connectivity index (χ0n) is 18.6. The second-order valence-corrected chi connectivity index (χ2v) is 8.75. The largest absolute Gasteiger partial charge is 0.291 e. The van der Waals surface area contributed by atoms with Crippen molar-refractivity contribution < 1.29 is 4.79 Å². The summed E-state index contributed by atoms with van der Waals surface area (Å²) in [6.07, 6.45) is 1.63. The van der Waals surface area contributed by atoms with Gasteiger partial charge < -0.3 is 0 Å². The first kappa shape index (κ1) is 21.6. The van der Waals surface area contributed by atoms with Gasteiger partial charge in [-0.3, -0.25) is 4.79 Å². The quantitative estimate of drug-likeness (QED) is 0.236. The third kappa shape index (κ3) is 4.58. The highest BCUT2D eigenvalue weighted by Crippen LogP contribution is 2.28. The van der Waals surface area contributed by atoms with E-state index in [1.807, 2.05) is 71.6 Å². The number of aryl methyl sites for hydroxylation is 1. The van der Waals surface area contributed by atoms with Gasteiger partial charge in [0.05, 0.1) is 17.6 Å². The highest BCUT2D eigenvalue weighted by atomic mass is 32.1. The molecule has 0 radical (unpaired) electrons. The fourth-order valence-electron chi connectivity index (χ4n) is 3.72. The summed E-state index contributed by atoms with van der Waals surface area (Å²) in [5.74, 6) is -0.359. The Morgan fingerprint density at radius 3 is 2.32 bits per heavy atom. The van der Waals surface area contributed by atoms with Gasteiger partial charge in [-0.25, -0.2) is 10.1 Å². The van der Waals surface area contributed by atoms with Gasteiger partial charge in [-0.15, -0.1) is 11.3 Å². The zero-order chi connectivity index (χ0) is 23.3. The second-order valence-electron chi connectivity index (χ2n) is 7.77. The van der Waals surface area contributed by atoms with Crippen LogP contribution < -0.4 is 5.43 Å². The van der Waals surface area contributed by atoms with E-state index in [9.17, 15) is 4.79 Å². The number of rotatable bonds is 6. The molecule has 0 unspecified atom stereocenters. The van der Waals surface area contributed by atoms with Gasteiger partial charge in [0, 0.05) is 10.4 Å². The molecule has 6 heteroatoms. The Morgan fingerprint density at radius 2 is 1.59 bits per heavy atom. The van der Waals surface area contributed by atoms with Crippen molar-refractivity contribution in [3.05, 3.63) is 119 Å². The molecule has 1 amide bonds. The Labute approximate surface area is 202 Å². The molecule has 1 N–H and O–H groups in total. The van der Waals surface area contributed by atoms with Crippen molar-refractivity contribution in [2.24, 2.45) is 5.10 Å². The minimum atomic E-state index is -0.359. The maximum atomic E-state index is 12.8. The van der Waals surface area contributed by atoms with E-state index in [2.05, 4.69) is 52.0 Å². The third-order valence-electron chi connectivity index (χ3n) is 5.47. The summed E-state index contributed by atoms with van der Waals surface area (Å²) in [5, 5.41) is 10.7. The van der Waals surface area contributed by atoms with Crippen molar-refractivity contribution in [1.29, 1.82) is 0 Å². The first-order valence-corrected chi connectivity index (χ1v) is 11.8. The molecule has 2 heterocycles. The van der Waals surface area contributed by atoms with Crippen molar-refractivity contribution in [2.45, 2.75) is 6.92 Å². The topological polar surface area (TPSA) is 59.3 Å². The molecule has 0 fully saturated rings. The monoisotopic (exact) mass is 462 g/mol. The molecule has 0 aliphatic rings. The molecule has 0 saturated carbocycles. The van der Waals surface area contributed by atoms with Crippen LogP contribution in [0.25, 0.3) is 28.1 Å². The molecule has 0 atom stereocenters. The van der Waals surface area contributed by atoms with Crippen molar-refractivity contribution >= 4 is 23.5 Å². The maximum Gasteiger partial charge on any atom is 0.291 e. The van der Waals surface area contributed by atoms with Crippen LogP contribution in [0.4, 0.5) is 0 Å². The van der Waals surface area contributed by atoms with Crippen molar-refractivity contribution in [1.82, 2.24) is 15.2 Å². The smallest absolute Gasteiger partial charge is 0.265 e. The molecule has 0 bridgehead atoms. The number of aromatic nitrogens is 2. The van der Waals surface area contributed by atoms with Gasteiger partial charge in [-0.1, -0.05) is 78.9 Å². The van der Waals surface area contributed by atoms with Gasteiger partial charge >= 0.3 is 0 Å². The molecule has 166 valence electrons. The van der Waals surface area contributed by atoms with Gasteiger partial charge in [0.1, 0.15) is 0 Å². The summed E-state index contributed by atoms with van der Waals surface area (Å²) in [6, 6.07) is 32.2. The summed E-state index contributed by atoms with van der Waals surface area (Å²) in [7, 11) is 0. The number of hydrazone groups is 1. The maximum absolute atomic E-state index is 12.8. The Hall–Kier alpha value is -4.29. The standard InChI is InChI=1S/C28H22N4OS/c1-20-8-5-6-12-26(20)32-27(23-15-13-22(14-16-23)21-9-3-2-4-10-21)18-25(31-32)28(33)30-29-19-24-11-7-17-34-24/h2-19H,1H3,(H,30,33)/b29-19-. The Bertz CT molecular complexity index is 1440. The minimum Gasteiger partial charge on any atom is -0.265 e. The Morgan fingerprint density at radius 1 is 0.882 bits per heavy atom. The normalized spacial score (nSPS) is 11.1. The number of carbonyl (C=O) groups is 1. The highest BCUT2D eigenvalue weighted by Gasteiger charge is 2.17. The van der Waals surface area contributed by atoms with Gasteiger partial charge in [0.15, 0.2) is 5.69 Å². The molecular formula is C28H22N4OS. The van der Waals surface area contributed by atoms with Crippen LogP contribution in [-0.2, 0) is 0 Å². The highest BCUT2D eigenvalue weighted by molar-refractivity contribution is 7.11. The number of thiophene rings is 1. The number of nitrogens with zero attached hydrogens (tertiary/aromatic N) is 3. The minimum absolute atomic E-state index is 0.300. The molecule has 5 nitrogen and oxygen atoms in total. The van der Waals surface area contributed by atoms with E-state index < -0.39 is 0 Å². The van der Waals surface area contributed by atoms with Gasteiger partial charge in [0.2, 0.25) is 0 Å². The van der Waals surface area contributed by atoms with Crippen LogP contribution >= 0.6 is 11.3 Å². The van der Waals surface area contributed by atoms with E-state index in [4.69, 9.17) is 0 Å². The third-order valence-corrected chi connectivity index (χ3v) is 6.28. The predicted octanol–water partition coefficient (Wildman–Crippen LogP) is 6.34. The van der Waals surface area contributed by atoms with Gasteiger partial charge in [0.25, 0.3) is 5.91 Å². The molecule has 5 rings (SSSR count). The van der Waals surface area contributed by atoms with Crippen LogP contribution in [0.1, 0.15) is 20.9 Å². The number of benzene rings is 3. The van der Waals surface area contributed by atoms with Gasteiger partial charge in [-0.05, 0) is 47.2 Å². The number of hydrogen-bond donors (Lipinski definition) is 1. The Kier molecular flexibility index (Phi) is 6.14. The predicted molar refractivity (Wildman–Crippen MR) is 139 cm³/mol. The Balaban J connectivity index is 1.50. The fraction of sp³-hybridized carbons (Fsp3) is 0.0357. The summed E-state index contributed by atoms with van der Waals surface area (Å²) in [6.45, 7) is 2.03. The molecule has 0 aliphatic heterocycles. The number of hydrogen-bond acceptors (Lipinski definition) is 4. The molecular weight excluding hydrogens is 440 g/mol. The lowest BCUT2D eigenvalue weighted by molar-refractivity contribution is 0.0949. The first-order chi connectivity index (χ1) is 16.7. The van der Waals surface area contributed by atoms with E-state index in [-0.39, 0.29) is 5.91 Å². The molecule has 3 aromatic carbocycles. The van der Waals surface area contributed by atoms with Crippen LogP contribution in [0.15, 0.2) is 108 Å². The molecule has 0 aliphatic carbocycles. The van der Waals surface area contributed by atoms with Crippen LogP contribution in [0.5, 0.6) is 0 Å². The number of nitrogens with one attached hydrogen (secondary N) is 1. The molecule has 0 saturated heterocycles. The summed E-state index contributed by atoms with van der Waals surface area (Å²) in [5.41, 5.74) is 8.97. The van der Waals surface area contributed by atoms with E-state index in [0.29, 0.717) is 5.69 Å². The zero-order valence-corrected chi connectivity index (χ0v) is 19.4. The van der Waals surface area contributed by atoms with Crippen LogP contribution in [-0.4, -0.2) is 21.9 Å². The van der Waals surface area contributed by atoms with E-state index >= 15 is 0 Å². The van der Waals surface area contributed by atoms with Crippen LogP contribution in [0.2, 0.25) is 0 Å². The van der Waals surface area contributed by atoms with Crippen LogP contribution in [0.3, 0.4) is 0 Å². The van der Waals surface area contributed by atoms with E-state index in [0.717, 1.165) is 38.5 Å². The van der Waals surface area contributed by atoms with Crippen molar-refractivity contribution in [3.8, 4) is 28.1 Å². The lowest BCUT2D eigenvalue weighted by Crippen LogP contribution is -2.18. The van der Waals surface area contributed by atoms with Crippen LogP contribution in [0, 0.1) is 6.92 Å². The number of carbonyl (C=O) groups excluding carboxylic acids is 1. The second kappa shape index (κ2) is 9.68.